The predicted octanol–water partition coefficient (Wildman–Crippen LogP) is 6.58. The van der Waals surface area contributed by atoms with Crippen molar-refractivity contribution < 1.29 is 9.53 Å². The molecule has 2 heterocycles. The van der Waals surface area contributed by atoms with Crippen LogP contribution in [0.2, 0.25) is 0 Å². The van der Waals surface area contributed by atoms with Crippen LogP contribution in [0.1, 0.15) is 29.7 Å². The highest BCUT2D eigenvalue weighted by molar-refractivity contribution is 9.10. The van der Waals surface area contributed by atoms with Crippen LogP contribution in [0.3, 0.4) is 0 Å². The van der Waals surface area contributed by atoms with E-state index in [0.717, 1.165) is 27.2 Å². The quantitative estimate of drug-likeness (QED) is 0.242. The smallest absolute Gasteiger partial charge is 0.255 e. The largest absolute Gasteiger partial charge is 0.497 e. The molecule has 7 nitrogen and oxygen atoms in total. The highest BCUT2D eigenvalue weighted by Crippen LogP contribution is 2.37. The van der Waals surface area contributed by atoms with E-state index in [1.54, 1.807) is 23.6 Å². The summed E-state index contributed by atoms with van der Waals surface area (Å²) in [6.45, 7) is 3.98. The molecular weight excluding hydrogens is 550 g/mol. The first-order chi connectivity index (χ1) is 17.9. The highest BCUT2D eigenvalue weighted by atomic mass is 79.9. The number of methoxy groups -OCH3 is 1. The lowest BCUT2D eigenvalue weighted by molar-refractivity contribution is -0.113. The molecule has 9 heteroatoms. The Morgan fingerprint density at radius 2 is 1.86 bits per heavy atom. The van der Waals surface area contributed by atoms with Gasteiger partial charge >= 0.3 is 0 Å². The zero-order valence-electron chi connectivity index (χ0n) is 20.7. The van der Waals surface area contributed by atoms with E-state index in [4.69, 9.17) is 14.8 Å². The second kappa shape index (κ2) is 10.8. The third-order valence-corrected chi connectivity index (χ3v) is 7.50. The van der Waals surface area contributed by atoms with Crippen LogP contribution in [-0.4, -0.2) is 27.8 Å². The van der Waals surface area contributed by atoms with Gasteiger partial charge in [0.15, 0.2) is 0 Å². The normalized spacial score (nSPS) is 14.6. The van der Waals surface area contributed by atoms with Gasteiger partial charge in [0.25, 0.3) is 5.91 Å². The molecular formula is C28H26BrN5O2S. The Bertz CT molecular complexity index is 1460. The van der Waals surface area contributed by atoms with Crippen LogP contribution in [-0.2, 0) is 10.5 Å². The molecule has 0 radical (unpaired) electrons. The zero-order chi connectivity index (χ0) is 25.9. The molecule has 0 bridgehead atoms. The second-order valence-corrected chi connectivity index (χ2v) is 10.6. The summed E-state index contributed by atoms with van der Waals surface area (Å²) >= 11 is 5.08. The van der Waals surface area contributed by atoms with Crippen LogP contribution in [0.4, 0.5) is 11.6 Å². The van der Waals surface area contributed by atoms with Gasteiger partial charge in [0.1, 0.15) is 11.8 Å². The predicted molar refractivity (Wildman–Crippen MR) is 151 cm³/mol. The number of allylic oxidation sites excluding steroid dienone is 1. The van der Waals surface area contributed by atoms with Gasteiger partial charge in [-0.15, -0.1) is 5.10 Å². The Kier molecular flexibility index (Phi) is 7.34. The van der Waals surface area contributed by atoms with E-state index in [9.17, 15) is 4.79 Å². The van der Waals surface area contributed by atoms with E-state index in [1.807, 2.05) is 55.5 Å². The average Bonchev–Trinajstić information content (AvgIpc) is 3.30. The van der Waals surface area contributed by atoms with Crippen LogP contribution in [0, 0.1) is 6.92 Å². The van der Waals surface area contributed by atoms with Crippen LogP contribution < -0.4 is 15.4 Å². The monoisotopic (exact) mass is 575 g/mol. The standard InChI is InChI=1S/C28H26BrN5O2S/c1-17-5-4-6-19(15-17)16-37-28-32-27-30-18(2)24(26(35)31-22-11-13-23(36-3)14-12-22)25(34(27)33-28)20-7-9-21(29)10-8-20/h4-15,25H,16H2,1-3H3,(H,31,35)(H,30,32,33)/t25-/m0/s1. The Balaban J connectivity index is 1.46. The molecule has 1 amide bonds. The van der Waals surface area contributed by atoms with Crippen molar-refractivity contribution in [3.8, 4) is 5.75 Å². The molecule has 37 heavy (non-hydrogen) atoms. The third kappa shape index (κ3) is 5.57. The maximum absolute atomic E-state index is 13.6. The zero-order valence-corrected chi connectivity index (χ0v) is 23.1. The number of fused-ring (bicyclic) bond motifs is 1. The number of rotatable bonds is 7. The summed E-state index contributed by atoms with van der Waals surface area (Å²) in [4.78, 5) is 18.4. The number of aryl methyl sites for hydroxylation is 1. The van der Waals surface area contributed by atoms with E-state index in [2.05, 4.69) is 57.8 Å². The molecule has 0 saturated heterocycles. The number of nitrogens with one attached hydrogen (secondary N) is 2. The molecule has 0 aliphatic carbocycles. The number of aromatic nitrogens is 3. The minimum absolute atomic E-state index is 0.210. The number of carbonyl (C=O) groups is 1. The summed E-state index contributed by atoms with van der Waals surface area (Å²) in [6, 6.07) is 23.2. The number of thioether (sulfide) groups is 1. The van der Waals surface area contributed by atoms with E-state index in [1.165, 1.54) is 11.1 Å². The van der Waals surface area contributed by atoms with Crippen molar-refractivity contribution in [2.24, 2.45) is 0 Å². The fourth-order valence-corrected chi connectivity index (χ4v) is 5.30. The van der Waals surface area contributed by atoms with Crippen LogP contribution in [0.15, 0.2) is 93.7 Å². The van der Waals surface area contributed by atoms with Gasteiger partial charge in [0, 0.05) is 21.6 Å². The lowest BCUT2D eigenvalue weighted by Crippen LogP contribution is -2.31. The van der Waals surface area contributed by atoms with E-state index in [-0.39, 0.29) is 5.91 Å². The molecule has 0 fully saturated rings. The van der Waals surface area contributed by atoms with Crippen molar-refractivity contribution in [2.75, 3.05) is 17.7 Å². The Labute approximate surface area is 228 Å². The molecule has 1 atom stereocenters. The van der Waals surface area contributed by atoms with Gasteiger partial charge in [-0.2, -0.15) is 4.98 Å². The van der Waals surface area contributed by atoms with E-state index < -0.39 is 6.04 Å². The summed E-state index contributed by atoms with van der Waals surface area (Å²) in [5.41, 5.74) is 5.35. The van der Waals surface area contributed by atoms with Gasteiger partial charge in [-0.1, -0.05) is 69.7 Å². The number of carbonyl (C=O) groups excluding carboxylic acids is 1. The van der Waals surface area contributed by atoms with E-state index in [0.29, 0.717) is 22.4 Å². The summed E-state index contributed by atoms with van der Waals surface area (Å²) in [6.07, 6.45) is 0. The second-order valence-electron chi connectivity index (χ2n) is 8.74. The van der Waals surface area contributed by atoms with Crippen molar-refractivity contribution in [1.29, 1.82) is 0 Å². The molecule has 5 rings (SSSR count). The SMILES string of the molecule is COc1ccc(NC(=O)C2=C(C)Nc3nc(SCc4cccc(C)c4)nn3[C@H]2c2ccc(Br)cc2)cc1. The lowest BCUT2D eigenvalue weighted by Gasteiger charge is -2.28. The van der Waals surface area contributed by atoms with Gasteiger partial charge in [-0.25, -0.2) is 4.68 Å². The first kappa shape index (κ1) is 25.1. The molecule has 4 aromatic rings. The average molecular weight is 577 g/mol. The van der Waals surface area contributed by atoms with Gasteiger partial charge < -0.3 is 15.4 Å². The number of halogens is 1. The lowest BCUT2D eigenvalue weighted by atomic mass is 9.95. The topological polar surface area (TPSA) is 81.1 Å². The third-order valence-electron chi connectivity index (χ3n) is 6.06. The van der Waals surface area contributed by atoms with Crippen LogP contribution >= 0.6 is 27.7 Å². The fourth-order valence-electron chi connectivity index (χ4n) is 4.26. The van der Waals surface area contributed by atoms with Gasteiger partial charge in [-0.05, 0) is 61.4 Å². The summed E-state index contributed by atoms with van der Waals surface area (Å²) in [7, 11) is 1.61. The molecule has 188 valence electrons. The fraction of sp³-hybridized carbons (Fsp3) is 0.179. The number of hydrogen-bond donors (Lipinski definition) is 2. The Morgan fingerprint density at radius 3 is 2.57 bits per heavy atom. The van der Waals surface area contributed by atoms with Crippen LogP contribution in [0.5, 0.6) is 5.75 Å². The van der Waals surface area contributed by atoms with Crippen molar-refractivity contribution in [3.05, 3.63) is 105 Å². The minimum Gasteiger partial charge on any atom is -0.497 e. The number of amides is 1. The Morgan fingerprint density at radius 1 is 1.11 bits per heavy atom. The van der Waals surface area contributed by atoms with Crippen LogP contribution in [0.25, 0.3) is 0 Å². The minimum atomic E-state index is -0.441. The number of benzene rings is 3. The van der Waals surface area contributed by atoms with Gasteiger partial charge in [-0.3, -0.25) is 4.79 Å². The summed E-state index contributed by atoms with van der Waals surface area (Å²) in [5, 5.41) is 11.8. The van der Waals surface area contributed by atoms with Gasteiger partial charge in [0.2, 0.25) is 11.1 Å². The number of nitrogens with zero attached hydrogens (tertiary/aromatic N) is 3. The summed E-state index contributed by atoms with van der Waals surface area (Å²) < 4.78 is 8.00. The first-order valence-electron chi connectivity index (χ1n) is 11.7. The van der Waals surface area contributed by atoms with Crippen molar-refractivity contribution in [1.82, 2.24) is 14.8 Å². The first-order valence-corrected chi connectivity index (χ1v) is 13.5. The molecule has 0 spiro atoms. The number of hydrogen-bond acceptors (Lipinski definition) is 6. The molecule has 1 aliphatic rings. The molecule has 1 aliphatic heterocycles. The van der Waals surface area contributed by atoms with Crippen molar-refractivity contribution in [2.45, 2.75) is 30.8 Å². The Hall–Kier alpha value is -3.56. The highest BCUT2D eigenvalue weighted by Gasteiger charge is 2.34. The van der Waals surface area contributed by atoms with Crippen molar-refractivity contribution >= 4 is 45.2 Å². The molecule has 0 saturated carbocycles. The molecule has 3 aromatic carbocycles. The molecule has 1 aromatic heterocycles. The number of ether oxygens (including phenoxy) is 1. The maximum atomic E-state index is 13.6. The van der Waals surface area contributed by atoms with E-state index >= 15 is 0 Å². The molecule has 2 N–H and O–H groups in total. The molecule has 0 unspecified atom stereocenters. The summed E-state index contributed by atoms with van der Waals surface area (Å²) in [5.74, 6) is 1.88. The number of anilines is 2. The van der Waals surface area contributed by atoms with Crippen molar-refractivity contribution in [3.63, 3.8) is 0 Å². The maximum Gasteiger partial charge on any atom is 0.255 e. The van der Waals surface area contributed by atoms with Gasteiger partial charge in [0.05, 0.1) is 12.7 Å².